The van der Waals surface area contributed by atoms with Crippen molar-refractivity contribution in [3.8, 4) is 0 Å². The number of hydrogen-bond donors (Lipinski definition) is 2. The van der Waals surface area contributed by atoms with Crippen LogP contribution in [0.3, 0.4) is 0 Å². The van der Waals surface area contributed by atoms with Gasteiger partial charge in [0.25, 0.3) is 0 Å². The highest BCUT2D eigenvalue weighted by Gasteiger charge is 2.28. The number of piperidine rings is 1. The summed E-state index contributed by atoms with van der Waals surface area (Å²) in [5.41, 5.74) is -1.06. The van der Waals surface area contributed by atoms with Gasteiger partial charge in [0.15, 0.2) is 0 Å². The molecular weight excluding hydrogens is 157 g/mol. The number of aliphatic hydroxyl groups is 1. The van der Waals surface area contributed by atoms with Crippen LogP contribution in [0.1, 0.15) is 12.8 Å². The van der Waals surface area contributed by atoms with Crippen molar-refractivity contribution >= 4 is 12.4 Å². The molecule has 1 saturated heterocycles. The molecule has 1 rings (SSSR count). The smallest absolute Gasteiger partial charge is 0.119 e. The van der Waals surface area contributed by atoms with Crippen LogP contribution in [0, 0.1) is 0 Å². The Hall–Kier alpha value is 0.140. The van der Waals surface area contributed by atoms with Crippen molar-refractivity contribution in [3.05, 3.63) is 0 Å². The van der Waals surface area contributed by atoms with Crippen LogP contribution in [0.15, 0.2) is 0 Å². The zero-order valence-electron chi connectivity index (χ0n) is 5.77. The predicted molar refractivity (Wildman–Crippen MR) is 40.3 cm³/mol. The van der Waals surface area contributed by atoms with Crippen LogP contribution in [-0.2, 0) is 0 Å². The fourth-order valence-electron chi connectivity index (χ4n) is 1.07. The van der Waals surface area contributed by atoms with Crippen LogP contribution in [0.4, 0.5) is 4.39 Å². The molecule has 1 atom stereocenters. The molecule has 10 heavy (non-hydrogen) atoms. The lowest BCUT2D eigenvalue weighted by Crippen LogP contribution is -2.47. The van der Waals surface area contributed by atoms with Crippen molar-refractivity contribution in [2.75, 3.05) is 19.8 Å². The summed E-state index contributed by atoms with van der Waals surface area (Å²) in [5.74, 6) is 0. The van der Waals surface area contributed by atoms with E-state index in [0.717, 1.165) is 13.0 Å². The zero-order chi connectivity index (χ0) is 6.74. The summed E-state index contributed by atoms with van der Waals surface area (Å²) in [6.07, 6.45) is 1.47. The molecule has 0 radical (unpaired) electrons. The second-order valence-corrected chi connectivity index (χ2v) is 2.64. The van der Waals surface area contributed by atoms with Gasteiger partial charge in [-0.2, -0.15) is 0 Å². The lowest BCUT2D eigenvalue weighted by Gasteiger charge is -2.29. The first-order valence-electron chi connectivity index (χ1n) is 3.26. The summed E-state index contributed by atoms with van der Waals surface area (Å²) >= 11 is 0. The molecule has 0 bridgehead atoms. The highest BCUT2D eigenvalue weighted by molar-refractivity contribution is 5.85. The van der Waals surface area contributed by atoms with Gasteiger partial charge in [-0.1, -0.05) is 0 Å². The lowest BCUT2D eigenvalue weighted by atomic mass is 9.96. The Kier molecular flexibility index (Phi) is 4.17. The Morgan fingerprint density at radius 3 is 2.60 bits per heavy atom. The van der Waals surface area contributed by atoms with Gasteiger partial charge in [-0.3, -0.25) is 0 Å². The van der Waals surface area contributed by atoms with Gasteiger partial charge in [-0.15, -0.1) is 12.4 Å². The molecule has 0 saturated carbocycles. The Labute approximate surface area is 66.2 Å². The molecule has 2 N–H and O–H groups in total. The van der Waals surface area contributed by atoms with E-state index < -0.39 is 12.3 Å². The minimum absolute atomic E-state index is 0. The van der Waals surface area contributed by atoms with Crippen LogP contribution in [0.2, 0.25) is 0 Å². The van der Waals surface area contributed by atoms with Crippen molar-refractivity contribution in [1.82, 2.24) is 5.32 Å². The van der Waals surface area contributed by atoms with E-state index in [1.165, 1.54) is 0 Å². The number of halogens is 2. The molecule has 0 amide bonds. The largest absolute Gasteiger partial charge is 0.386 e. The van der Waals surface area contributed by atoms with Gasteiger partial charge in [0.2, 0.25) is 0 Å². The average Bonchev–Trinajstić information content (AvgIpc) is 1.90. The summed E-state index contributed by atoms with van der Waals surface area (Å²) in [6.45, 7) is 0.686. The Bertz CT molecular complexity index is 95.7. The molecule has 0 aliphatic carbocycles. The fraction of sp³-hybridized carbons (Fsp3) is 1.00. The van der Waals surface area contributed by atoms with Gasteiger partial charge in [0.1, 0.15) is 12.3 Å². The number of rotatable bonds is 1. The van der Waals surface area contributed by atoms with Gasteiger partial charge in [0, 0.05) is 6.54 Å². The van der Waals surface area contributed by atoms with Crippen LogP contribution < -0.4 is 5.32 Å². The van der Waals surface area contributed by atoms with Crippen molar-refractivity contribution in [1.29, 1.82) is 0 Å². The summed E-state index contributed by atoms with van der Waals surface area (Å²) in [7, 11) is 0. The highest BCUT2D eigenvalue weighted by Crippen LogP contribution is 2.15. The van der Waals surface area contributed by atoms with E-state index in [1.54, 1.807) is 0 Å². The first-order valence-corrected chi connectivity index (χ1v) is 3.26. The monoisotopic (exact) mass is 169 g/mol. The van der Waals surface area contributed by atoms with E-state index in [2.05, 4.69) is 5.32 Å². The molecule has 1 aliphatic heterocycles. The maximum atomic E-state index is 12.0. The number of nitrogens with one attached hydrogen (secondary N) is 1. The van der Waals surface area contributed by atoms with Crippen LogP contribution >= 0.6 is 12.4 Å². The van der Waals surface area contributed by atoms with Crippen molar-refractivity contribution < 1.29 is 9.50 Å². The second kappa shape index (κ2) is 4.11. The first-order chi connectivity index (χ1) is 4.27. The average molecular weight is 170 g/mol. The van der Waals surface area contributed by atoms with E-state index in [9.17, 15) is 9.50 Å². The third-order valence-electron chi connectivity index (χ3n) is 1.70. The van der Waals surface area contributed by atoms with Crippen LogP contribution in [0.5, 0.6) is 0 Å². The predicted octanol–water partition coefficient (Wildman–Crippen LogP) is 0.492. The fourth-order valence-corrected chi connectivity index (χ4v) is 1.07. The third kappa shape index (κ3) is 2.40. The Morgan fingerprint density at radius 1 is 1.60 bits per heavy atom. The molecule has 0 spiro atoms. The highest BCUT2D eigenvalue weighted by atomic mass is 35.5. The molecule has 0 aromatic carbocycles. The van der Waals surface area contributed by atoms with E-state index in [1.807, 2.05) is 0 Å². The molecule has 1 aliphatic rings. The molecule has 0 unspecified atom stereocenters. The third-order valence-corrected chi connectivity index (χ3v) is 1.70. The second-order valence-electron chi connectivity index (χ2n) is 2.64. The van der Waals surface area contributed by atoms with Crippen LogP contribution in [0.25, 0.3) is 0 Å². The lowest BCUT2D eigenvalue weighted by molar-refractivity contribution is -0.00519. The SMILES string of the molecule is Cl.O[C@]1(CF)CCCNC1. The van der Waals surface area contributed by atoms with Gasteiger partial charge in [-0.05, 0) is 19.4 Å². The van der Waals surface area contributed by atoms with Gasteiger partial charge < -0.3 is 10.4 Å². The van der Waals surface area contributed by atoms with Gasteiger partial charge >= 0.3 is 0 Å². The molecule has 62 valence electrons. The molecule has 0 aromatic rings. The minimum atomic E-state index is -1.06. The van der Waals surface area contributed by atoms with E-state index in [4.69, 9.17) is 0 Å². The standard InChI is InChI=1S/C6H12FNO.ClH/c7-4-6(9)2-1-3-8-5-6;/h8-9H,1-5H2;1H/t6-;/m0./s1. The normalized spacial score (nSPS) is 33.0. The first kappa shape index (κ1) is 10.1. The summed E-state index contributed by atoms with van der Waals surface area (Å²) in [6, 6.07) is 0. The van der Waals surface area contributed by atoms with Crippen molar-refractivity contribution in [3.63, 3.8) is 0 Å². The summed E-state index contributed by atoms with van der Waals surface area (Å²) in [4.78, 5) is 0. The maximum absolute atomic E-state index is 12.0. The topological polar surface area (TPSA) is 32.3 Å². The Morgan fingerprint density at radius 2 is 2.30 bits per heavy atom. The van der Waals surface area contributed by atoms with Crippen molar-refractivity contribution in [2.24, 2.45) is 0 Å². The summed E-state index contributed by atoms with van der Waals surface area (Å²) in [5, 5.41) is 12.2. The molecule has 4 heteroatoms. The Balaban J connectivity index is 0.000000810. The molecule has 1 heterocycles. The van der Waals surface area contributed by atoms with E-state index >= 15 is 0 Å². The van der Waals surface area contributed by atoms with Gasteiger partial charge in [-0.25, -0.2) is 4.39 Å². The maximum Gasteiger partial charge on any atom is 0.119 e. The minimum Gasteiger partial charge on any atom is -0.386 e. The molecular formula is C6H13ClFNO. The van der Waals surface area contributed by atoms with Crippen LogP contribution in [-0.4, -0.2) is 30.5 Å². The molecule has 1 fully saturated rings. The zero-order valence-corrected chi connectivity index (χ0v) is 6.59. The van der Waals surface area contributed by atoms with E-state index in [0.29, 0.717) is 13.0 Å². The number of alkyl halides is 1. The molecule has 0 aromatic heterocycles. The van der Waals surface area contributed by atoms with Crippen molar-refractivity contribution in [2.45, 2.75) is 18.4 Å². The number of β-amino-alcohol motifs (C(OH)–C–C–N with tert-alkyl or cyclic N) is 1. The molecule has 2 nitrogen and oxygen atoms in total. The van der Waals surface area contributed by atoms with E-state index in [-0.39, 0.29) is 12.4 Å². The number of hydrogen-bond acceptors (Lipinski definition) is 2. The van der Waals surface area contributed by atoms with Gasteiger partial charge in [0.05, 0.1) is 0 Å². The summed E-state index contributed by atoms with van der Waals surface area (Å²) < 4.78 is 12.0. The quantitative estimate of drug-likeness (QED) is 0.599.